The zero-order valence-corrected chi connectivity index (χ0v) is 18.7. The van der Waals surface area contributed by atoms with Crippen LogP contribution in [-0.4, -0.2) is 18.2 Å². The number of carbonyl (C=O) groups is 1. The lowest BCUT2D eigenvalue weighted by Crippen LogP contribution is -2.08. The van der Waals surface area contributed by atoms with Crippen LogP contribution in [0.5, 0.6) is 11.5 Å². The molecule has 0 radical (unpaired) electrons. The molecular weight excluding hydrogens is 446 g/mol. The molecule has 0 spiro atoms. The minimum Gasteiger partial charge on any atom is -0.493 e. The van der Waals surface area contributed by atoms with E-state index in [-0.39, 0.29) is 5.56 Å². The Labute approximate surface area is 184 Å². The molecule has 2 N–H and O–H groups in total. The maximum atomic E-state index is 11.3. The van der Waals surface area contributed by atoms with Gasteiger partial charge in [0.1, 0.15) is 6.61 Å². The van der Waals surface area contributed by atoms with Crippen LogP contribution in [0.15, 0.2) is 59.1 Å². The predicted molar refractivity (Wildman–Crippen MR) is 122 cm³/mol. The van der Waals surface area contributed by atoms with E-state index in [1.807, 2.05) is 44.2 Å². The maximum absolute atomic E-state index is 11.3. The first-order valence-corrected chi connectivity index (χ1v) is 10.3. The van der Waals surface area contributed by atoms with Gasteiger partial charge in [0, 0.05) is 22.3 Å². The Kier molecular flexibility index (Phi) is 7.00. The van der Waals surface area contributed by atoms with Crippen LogP contribution in [-0.2, 0) is 13.2 Å². The van der Waals surface area contributed by atoms with Gasteiger partial charge in [0.2, 0.25) is 0 Å². The highest BCUT2D eigenvalue weighted by Gasteiger charge is 2.16. The standard InChI is InChI=1S/C24H24BrNO4/c1-15-5-4-6-17(11-15)14-30-23-19(20(25)9-10-22(23)29-3)13-26-21-12-18(24(27)28)8-7-16(21)2/h4-12,26H,13-14H2,1-3H3,(H,27,28). The lowest BCUT2D eigenvalue weighted by Gasteiger charge is -2.18. The van der Waals surface area contributed by atoms with Crippen molar-refractivity contribution >= 4 is 27.6 Å². The SMILES string of the molecule is COc1ccc(Br)c(CNc2cc(C(=O)O)ccc2C)c1OCc1cccc(C)c1. The molecule has 0 bridgehead atoms. The molecular formula is C24H24BrNO4. The highest BCUT2D eigenvalue weighted by atomic mass is 79.9. The molecule has 0 aromatic heterocycles. The molecule has 5 nitrogen and oxygen atoms in total. The molecule has 0 aliphatic carbocycles. The summed E-state index contributed by atoms with van der Waals surface area (Å²) in [6.45, 7) is 4.83. The molecule has 0 saturated carbocycles. The van der Waals surface area contributed by atoms with E-state index in [1.165, 1.54) is 5.56 Å². The van der Waals surface area contributed by atoms with E-state index in [1.54, 1.807) is 25.3 Å². The van der Waals surface area contributed by atoms with Gasteiger partial charge in [-0.1, -0.05) is 51.8 Å². The van der Waals surface area contributed by atoms with Gasteiger partial charge in [-0.2, -0.15) is 0 Å². The second-order valence-corrected chi connectivity index (χ2v) is 7.88. The van der Waals surface area contributed by atoms with Crippen LogP contribution in [0.2, 0.25) is 0 Å². The number of aromatic carboxylic acids is 1. The Balaban J connectivity index is 1.87. The van der Waals surface area contributed by atoms with Crippen molar-refractivity contribution in [2.75, 3.05) is 12.4 Å². The van der Waals surface area contributed by atoms with Crippen LogP contribution >= 0.6 is 15.9 Å². The number of benzene rings is 3. The normalized spacial score (nSPS) is 10.5. The molecule has 0 amide bonds. The van der Waals surface area contributed by atoms with E-state index in [9.17, 15) is 9.90 Å². The van der Waals surface area contributed by atoms with Gasteiger partial charge < -0.3 is 19.9 Å². The van der Waals surface area contributed by atoms with Crippen molar-refractivity contribution in [3.05, 3.63) is 86.9 Å². The predicted octanol–water partition coefficient (Wildman–Crippen LogP) is 5.96. The topological polar surface area (TPSA) is 67.8 Å². The molecule has 0 fully saturated rings. The monoisotopic (exact) mass is 469 g/mol. The van der Waals surface area contributed by atoms with E-state index in [0.717, 1.165) is 26.9 Å². The fourth-order valence-electron chi connectivity index (χ4n) is 3.15. The number of ether oxygens (including phenoxy) is 2. The Bertz CT molecular complexity index is 1070. The molecule has 30 heavy (non-hydrogen) atoms. The number of anilines is 1. The van der Waals surface area contributed by atoms with Crippen LogP contribution in [0.25, 0.3) is 0 Å². The summed E-state index contributed by atoms with van der Waals surface area (Å²) in [4.78, 5) is 11.3. The number of carboxylic acid groups (broad SMARTS) is 1. The summed E-state index contributed by atoms with van der Waals surface area (Å²) in [5.41, 5.74) is 5.09. The molecule has 0 heterocycles. The lowest BCUT2D eigenvalue weighted by atomic mass is 10.1. The second kappa shape index (κ2) is 9.67. The van der Waals surface area contributed by atoms with E-state index in [4.69, 9.17) is 9.47 Å². The second-order valence-electron chi connectivity index (χ2n) is 7.02. The summed E-state index contributed by atoms with van der Waals surface area (Å²) < 4.78 is 12.6. The summed E-state index contributed by atoms with van der Waals surface area (Å²) in [7, 11) is 1.61. The molecule has 3 rings (SSSR count). The fraction of sp³-hybridized carbons (Fsp3) is 0.208. The molecule has 0 saturated heterocycles. The van der Waals surface area contributed by atoms with Crippen LogP contribution < -0.4 is 14.8 Å². The van der Waals surface area contributed by atoms with Gasteiger partial charge in [0.15, 0.2) is 11.5 Å². The molecule has 3 aromatic carbocycles. The Morgan fingerprint density at radius 3 is 2.60 bits per heavy atom. The van der Waals surface area contributed by atoms with Crippen molar-refractivity contribution in [2.45, 2.75) is 27.0 Å². The summed E-state index contributed by atoms with van der Waals surface area (Å²) >= 11 is 3.61. The van der Waals surface area contributed by atoms with E-state index in [0.29, 0.717) is 24.7 Å². The molecule has 0 aliphatic rings. The first-order valence-electron chi connectivity index (χ1n) is 9.50. The zero-order chi connectivity index (χ0) is 21.7. The van der Waals surface area contributed by atoms with Crippen molar-refractivity contribution in [3.8, 4) is 11.5 Å². The Morgan fingerprint density at radius 2 is 1.90 bits per heavy atom. The minimum atomic E-state index is -0.956. The average molecular weight is 470 g/mol. The summed E-state index contributed by atoms with van der Waals surface area (Å²) in [6, 6.07) is 17.0. The quantitative estimate of drug-likeness (QED) is 0.425. The van der Waals surface area contributed by atoms with Gasteiger partial charge >= 0.3 is 5.97 Å². The van der Waals surface area contributed by atoms with Gasteiger partial charge in [-0.15, -0.1) is 0 Å². The van der Waals surface area contributed by atoms with Crippen LogP contribution in [0.3, 0.4) is 0 Å². The fourth-order valence-corrected chi connectivity index (χ4v) is 3.60. The highest BCUT2D eigenvalue weighted by molar-refractivity contribution is 9.10. The van der Waals surface area contributed by atoms with Crippen LogP contribution in [0, 0.1) is 13.8 Å². The highest BCUT2D eigenvalue weighted by Crippen LogP contribution is 2.37. The number of nitrogens with one attached hydrogen (secondary N) is 1. The number of hydrogen-bond acceptors (Lipinski definition) is 4. The van der Waals surface area contributed by atoms with Crippen LogP contribution in [0.1, 0.15) is 32.6 Å². The average Bonchev–Trinajstić information content (AvgIpc) is 2.72. The number of methoxy groups -OCH3 is 1. The van der Waals surface area contributed by atoms with Crippen molar-refractivity contribution in [1.82, 2.24) is 0 Å². The Morgan fingerprint density at radius 1 is 1.10 bits per heavy atom. The van der Waals surface area contributed by atoms with Gasteiger partial charge in [0.25, 0.3) is 0 Å². The third-order valence-corrected chi connectivity index (χ3v) is 5.54. The van der Waals surface area contributed by atoms with E-state index < -0.39 is 5.97 Å². The summed E-state index contributed by atoms with van der Waals surface area (Å²) in [5, 5.41) is 12.6. The molecule has 0 atom stereocenters. The van der Waals surface area contributed by atoms with Crippen LogP contribution in [0.4, 0.5) is 5.69 Å². The number of aryl methyl sites for hydroxylation is 2. The number of halogens is 1. The number of carboxylic acids is 1. The molecule has 0 aliphatic heterocycles. The van der Waals surface area contributed by atoms with Gasteiger partial charge in [0.05, 0.1) is 12.7 Å². The Hall–Kier alpha value is -2.99. The van der Waals surface area contributed by atoms with E-state index >= 15 is 0 Å². The van der Waals surface area contributed by atoms with Crippen molar-refractivity contribution < 1.29 is 19.4 Å². The third kappa shape index (κ3) is 5.13. The maximum Gasteiger partial charge on any atom is 0.335 e. The first kappa shape index (κ1) is 21.7. The number of hydrogen-bond donors (Lipinski definition) is 2. The van der Waals surface area contributed by atoms with Crippen molar-refractivity contribution in [3.63, 3.8) is 0 Å². The first-order chi connectivity index (χ1) is 14.4. The van der Waals surface area contributed by atoms with Gasteiger partial charge in [-0.3, -0.25) is 0 Å². The van der Waals surface area contributed by atoms with Gasteiger partial charge in [-0.05, 0) is 49.2 Å². The molecule has 156 valence electrons. The number of rotatable bonds is 8. The molecule has 6 heteroatoms. The van der Waals surface area contributed by atoms with Crippen molar-refractivity contribution in [1.29, 1.82) is 0 Å². The summed E-state index contributed by atoms with van der Waals surface area (Å²) in [5.74, 6) is 0.328. The lowest BCUT2D eigenvalue weighted by molar-refractivity contribution is 0.0697. The smallest absolute Gasteiger partial charge is 0.335 e. The molecule has 3 aromatic rings. The van der Waals surface area contributed by atoms with Crippen molar-refractivity contribution in [2.24, 2.45) is 0 Å². The third-order valence-electron chi connectivity index (χ3n) is 4.79. The largest absolute Gasteiger partial charge is 0.493 e. The van der Waals surface area contributed by atoms with Gasteiger partial charge in [-0.25, -0.2) is 4.79 Å². The van der Waals surface area contributed by atoms with E-state index in [2.05, 4.69) is 27.3 Å². The summed E-state index contributed by atoms with van der Waals surface area (Å²) in [6.07, 6.45) is 0. The molecule has 0 unspecified atom stereocenters. The minimum absolute atomic E-state index is 0.240. The zero-order valence-electron chi connectivity index (χ0n) is 17.2.